The lowest BCUT2D eigenvalue weighted by Gasteiger charge is -2.27. The molecule has 9 nitrogen and oxygen atoms in total. The molecule has 0 aliphatic carbocycles. The van der Waals surface area contributed by atoms with Gasteiger partial charge >= 0.3 is 12.4 Å². The first-order valence-electron chi connectivity index (χ1n) is 11.5. The summed E-state index contributed by atoms with van der Waals surface area (Å²) in [5.41, 5.74) is 9.42. The number of aromatic amines is 2. The van der Waals surface area contributed by atoms with Crippen LogP contribution in [0.5, 0.6) is 0 Å². The minimum absolute atomic E-state index is 0.0511. The van der Waals surface area contributed by atoms with Gasteiger partial charge in [-0.05, 0) is 36.4 Å². The van der Waals surface area contributed by atoms with E-state index < -0.39 is 23.5 Å². The third-order valence-corrected chi connectivity index (χ3v) is 5.72. The number of anilines is 3. The van der Waals surface area contributed by atoms with Crippen molar-refractivity contribution >= 4 is 28.2 Å². The number of nitrogens with zero attached hydrogens (tertiary/aromatic N) is 3. The highest BCUT2D eigenvalue weighted by Gasteiger charge is 2.31. The molecule has 0 atom stereocenters. The van der Waals surface area contributed by atoms with Gasteiger partial charge in [0.05, 0.1) is 53.2 Å². The van der Waals surface area contributed by atoms with E-state index in [2.05, 4.69) is 19.9 Å². The average molecular weight is 555 g/mol. The SMILES string of the molecule is Nc1ccc(C(F)(F)F)cc1N.O=c1cc(N2CCOCC2)nc(Cc2nc3ccc(C(F)(F)F)cc3[nH]2)[nH]1. The molecule has 39 heavy (non-hydrogen) atoms. The van der Waals surface area contributed by atoms with Crippen molar-refractivity contribution in [2.45, 2.75) is 18.8 Å². The molecule has 1 saturated heterocycles. The number of ether oxygens (including phenoxy) is 1. The van der Waals surface area contributed by atoms with Crippen LogP contribution in [0, 0.1) is 0 Å². The molecule has 5 rings (SSSR count). The highest BCUT2D eigenvalue weighted by atomic mass is 19.4. The van der Waals surface area contributed by atoms with Crippen LogP contribution in [0.15, 0.2) is 47.3 Å². The minimum atomic E-state index is -4.42. The number of hydrogen-bond donors (Lipinski definition) is 4. The zero-order valence-corrected chi connectivity index (χ0v) is 20.2. The predicted octanol–water partition coefficient (Wildman–Crippen LogP) is 3.96. The second-order valence-corrected chi connectivity index (χ2v) is 8.58. The number of fused-ring (bicyclic) bond motifs is 1. The van der Waals surface area contributed by atoms with Crippen LogP contribution in [0.1, 0.15) is 22.8 Å². The Morgan fingerprint density at radius 2 is 1.44 bits per heavy atom. The molecule has 1 fully saturated rings. The number of hydrogen-bond acceptors (Lipinski definition) is 7. The van der Waals surface area contributed by atoms with E-state index in [9.17, 15) is 31.1 Å². The molecule has 0 amide bonds. The molecular formula is C24H23F6N7O2. The van der Waals surface area contributed by atoms with Gasteiger partial charge in [0.2, 0.25) is 0 Å². The van der Waals surface area contributed by atoms with E-state index in [0.717, 1.165) is 30.3 Å². The second-order valence-electron chi connectivity index (χ2n) is 8.58. The van der Waals surface area contributed by atoms with Gasteiger partial charge in [0, 0.05) is 19.2 Å². The molecular weight excluding hydrogens is 532 g/mol. The van der Waals surface area contributed by atoms with Crippen LogP contribution < -0.4 is 21.9 Å². The lowest BCUT2D eigenvalue weighted by atomic mass is 10.2. The van der Waals surface area contributed by atoms with Crippen molar-refractivity contribution in [3.63, 3.8) is 0 Å². The number of rotatable bonds is 3. The minimum Gasteiger partial charge on any atom is -0.397 e. The summed E-state index contributed by atoms with van der Waals surface area (Å²) in [5.74, 6) is 1.36. The van der Waals surface area contributed by atoms with Gasteiger partial charge < -0.3 is 31.1 Å². The number of nitrogens with two attached hydrogens (primary N) is 2. The third kappa shape index (κ3) is 6.98. The maximum Gasteiger partial charge on any atom is 0.416 e. The number of imidazole rings is 1. The van der Waals surface area contributed by atoms with E-state index >= 15 is 0 Å². The summed E-state index contributed by atoms with van der Waals surface area (Å²) in [6, 6.07) is 7.60. The summed E-state index contributed by atoms with van der Waals surface area (Å²) >= 11 is 0. The van der Waals surface area contributed by atoms with Gasteiger partial charge in [0.15, 0.2) is 0 Å². The molecule has 6 N–H and O–H groups in total. The molecule has 0 radical (unpaired) electrons. The summed E-state index contributed by atoms with van der Waals surface area (Å²) in [6.45, 7) is 2.41. The van der Waals surface area contributed by atoms with Crippen LogP contribution in [0.2, 0.25) is 0 Å². The fourth-order valence-electron chi connectivity index (χ4n) is 3.76. The van der Waals surface area contributed by atoms with Gasteiger partial charge in [-0.3, -0.25) is 4.79 Å². The number of nitrogen functional groups attached to an aromatic ring is 2. The highest BCUT2D eigenvalue weighted by molar-refractivity contribution is 5.76. The maximum atomic E-state index is 12.8. The van der Waals surface area contributed by atoms with Crippen molar-refractivity contribution in [3.05, 3.63) is 75.6 Å². The van der Waals surface area contributed by atoms with E-state index in [-0.39, 0.29) is 28.9 Å². The Balaban J connectivity index is 0.000000247. The van der Waals surface area contributed by atoms with E-state index in [1.54, 1.807) is 0 Å². The molecule has 208 valence electrons. The zero-order valence-electron chi connectivity index (χ0n) is 20.2. The fraction of sp³-hybridized carbons (Fsp3) is 0.292. The van der Waals surface area contributed by atoms with Crippen molar-refractivity contribution in [3.8, 4) is 0 Å². The summed E-state index contributed by atoms with van der Waals surface area (Å²) < 4.78 is 79.8. The quantitative estimate of drug-likeness (QED) is 0.222. The molecule has 4 aromatic rings. The number of aromatic nitrogens is 4. The van der Waals surface area contributed by atoms with E-state index in [1.165, 1.54) is 12.1 Å². The maximum absolute atomic E-state index is 12.8. The number of halogens is 6. The van der Waals surface area contributed by atoms with Gasteiger partial charge in [0.1, 0.15) is 17.5 Å². The zero-order chi connectivity index (χ0) is 28.4. The molecule has 0 bridgehead atoms. The lowest BCUT2D eigenvalue weighted by molar-refractivity contribution is -0.138. The van der Waals surface area contributed by atoms with Crippen LogP contribution in [-0.2, 0) is 23.5 Å². The first kappa shape index (κ1) is 27.8. The largest absolute Gasteiger partial charge is 0.416 e. The van der Waals surface area contributed by atoms with Crippen molar-refractivity contribution in [1.82, 2.24) is 19.9 Å². The summed E-state index contributed by atoms with van der Waals surface area (Å²) in [5, 5.41) is 0. The van der Waals surface area contributed by atoms with Crippen molar-refractivity contribution in [1.29, 1.82) is 0 Å². The standard InChI is InChI=1S/C17H16F3N5O2.C7H7F3N2/c18-17(19,20)10-1-2-11-12(7-10)22-13(21-11)8-14-23-15(9-16(26)24-14)25-3-5-27-6-4-25;8-7(9,10)4-1-2-5(11)6(12)3-4/h1-2,7,9H,3-6,8H2,(H,21,22)(H,23,24,26);1-3H,11-12H2. The van der Waals surface area contributed by atoms with Crippen molar-refractivity contribution in [2.24, 2.45) is 0 Å². The first-order valence-corrected chi connectivity index (χ1v) is 11.5. The van der Waals surface area contributed by atoms with Crippen LogP contribution in [0.25, 0.3) is 11.0 Å². The Bertz CT molecular complexity index is 1510. The predicted molar refractivity (Wildman–Crippen MR) is 132 cm³/mol. The second kappa shape index (κ2) is 10.8. The topological polar surface area (TPSA) is 139 Å². The molecule has 1 aliphatic rings. The number of benzene rings is 2. The average Bonchev–Trinajstić information content (AvgIpc) is 3.26. The first-order chi connectivity index (χ1) is 18.3. The number of alkyl halides is 6. The van der Waals surface area contributed by atoms with E-state index in [1.807, 2.05) is 4.90 Å². The summed E-state index contributed by atoms with van der Waals surface area (Å²) in [6.07, 6.45) is -8.61. The van der Waals surface area contributed by atoms with Crippen LogP contribution in [0.4, 0.5) is 43.5 Å². The fourth-order valence-corrected chi connectivity index (χ4v) is 3.76. The monoisotopic (exact) mass is 555 g/mol. The Kier molecular flexibility index (Phi) is 7.72. The Morgan fingerprint density at radius 1 is 0.821 bits per heavy atom. The van der Waals surface area contributed by atoms with Crippen LogP contribution >= 0.6 is 0 Å². The molecule has 2 aromatic heterocycles. The Morgan fingerprint density at radius 3 is 2.08 bits per heavy atom. The molecule has 15 heteroatoms. The molecule has 3 heterocycles. The third-order valence-electron chi connectivity index (χ3n) is 5.72. The van der Waals surface area contributed by atoms with Gasteiger partial charge in [-0.1, -0.05) is 0 Å². The van der Waals surface area contributed by atoms with Crippen molar-refractivity contribution in [2.75, 3.05) is 42.7 Å². The Hall–Kier alpha value is -4.27. The normalized spacial score (nSPS) is 14.3. The van der Waals surface area contributed by atoms with E-state index in [0.29, 0.717) is 49.3 Å². The van der Waals surface area contributed by atoms with Crippen LogP contribution in [0.3, 0.4) is 0 Å². The van der Waals surface area contributed by atoms with Gasteiger partial charge in [-0.2, -0.15) is 26.3 Å². The molecule has 1 aliphatic heterocycles. The molecule has 0 saturated carbocycles. The summed E-state index contributed by atoms with van der Waals surface area (Å²) in [4.78, 5) is 28.2. The molecule has 0 unspecified atom stereocenters. The number of morpholine rings is 1. The number of H-pyrrole nitrogens is 2. The molecule has 0 spiro atoms. The van der Waals surface area contributed by atoms with Crippen LogP contribution in [-0.4, -0.2) is 46.2 Å². The van der Waals surface area contributed by atoms with Gasteiger partial charge in [0.25, 0.3) is 5.56 Å². The van der Waals surface area contributed by atoms with Gasteiger partial charge in [-0.15, -0.1) is 0 Å². The molecule has 2 aromatic carbocycles. The van der Waals surface area contributed by atoms with Crippen molar-refractivity contribution < 1.29 is 31.1 Å². The lowest BCUT2D eigenvalue weighted by Crippen LogP contribution is -2.37. The number of nitrogens with one attached hydrogen (secondary N) is 2. The van der Waals surface area contributed by atoms with Gasteiger partial charge in [-0.25, -0.2) is 9.97 Å². The van der Waals surface area contributed by atoms with E-state index in [4.69, 9.17) is 16.2 Å². The highest BCUT2D eigenvalue weighted by Crippen LogP contribution is 2.32. The smallest absolute Gasteiger partial charge is 0.397 e. The summed E-state index contributed by atoms with van der Waals surface area (Å²) in [7, 11) is 0. The Labute approximate surface area is 216 Å².